The van der Waals surface area contributed by atoms with E-state index in [-0.39, 0.29) is 5.56 Å². The van der Waals surface area contributed by atoms with Gasteiger partial charge in [0, 0.05) is 7.05 Å². The van der Waals surface area contributed by atoms with Gasteiger partial charge >= 0.3 is 0 Å². The average molecular weight is 261 g/mol. The molecule has 1 N–H and O–H groups in total. The number of benzene rings is 1. The topological polar surface area (TPSA) is 67.5 Å². The fourth-order valence-electron chi connectivity index (χ4n) is 2.38. The summed E-state index contributed by atoms with van der Waals surface area (Å²) in [6.07, 6.45) is 0. The molecule has 0 fully saturated rings. The maximum absolute atomic E-state index is 12.0. The number of likely N-dealkylation sites (N-methyl/N-ethyl adjacent to an activating group) is 1. The predicted octanol–water partition coefficient (Wildman–Crippen LogP) is 1.07. The van der Waals surface area contributed by atoms with Gasteiger partial charge in [-0.2, -0.15) is 0 Å². The Morgan fingerprint density at radius 2 is 2.32 bits per heavy atom. The Morgan fingerprint density at radius 1 is 1.53 bits per heavy atom. The molecule has 1 aromatic heterocycles. The molecule has 0 saturated carbocycles. The van der Waals surface area contributed by atoms with Gasteiger partial charge in [0.15, 0.2) is 5.75 Å². The summed E-state index contributed by atoms with van der Waals surface area (Å²) < 4.78 is 11.1. The number of anilines is 1. The van der Waals surface area contributed by atoms with Gasteiger partial charge in [0.2, 0.25) is 0 Å². The summed E-state index contributed by atoms with van der Waals surface area (Å²) in [6.45, 7) is 3.10. The number of hydrogen-bond donors (Lipinski definition) is 1. The van der Waals surface area contributed by atoms with E-state index in [4.69, 9.17) is 9.47 Å². The zero-order chi connectivity index (χ0) is 13.6. The van der Waals surface area contributed by atoms with Gasteiger partial charge in [-0.1, -0.05) is 0 Å². The Hall–Kier alpha value is -2.24. The number of fused-ring (bicyclic) bond motifs is 3. The van der Waals surface area contributed by atoms with Crippen LogP contribution in [-0.4, -0.2) is 37.3 Å². The van der Waals surface area contributed by atoms with Crippen LogP contribution < -0.4 is 19.9 Å². The van der Waals surface area contributed by atoms with E-state index in [0.717, 1.165) is 12.2 Å². The summed E-state index contributed by atoms with van der Waals surface area (Å²) in [5, 5.41) is 0.483. The Morgan fingerprint density at radius 3 is 3.05 bits per heavy atom. The SMILES string of the molecule is COc1cc2c(=O)[nH]c(C)nc2c2c1N(C)CCO2. The minimum absolute atomic E-state index is 0.180. The van der Waals surface area contributed by atoms with Crippen molar-refractivity contribution in [2.75, 3.05) is 32.2 Å². The first kappa shape index (κ1) is 11.8. The van der Waals surface area contributed by atoms with Crippen LogP contribution in [0.2, 0.25) is 0 Å². The van der Waals surface area contributed by atoms with Gasteiger partial charge < -0.3 is 19.4 Å². The van der Waals surface area contributed by atoms with Crippen molar-refractivity contribution in [3.63, 3.8) is 0 Å². The first-order chi connectivity index (χ1) is 9.11. The number of hydrogen-bond acceptors (Lipinski definition) is 5. The van der Waals surface area contributed by atoms with E-state index in [1.807, 2.05) is 7.05 Å². The van der Waals surface area contributed by atoms with Gasteiger partial charge in [-0.25, -0.2) is 4.98 Å². The van der Waals surface area contributed by atoms with E-state index >= 15 is 0 Å². The highest BCUT2D eigenvalue weighted by Crippen LogP contribution is 2.43. The second-order valence-corrected chi connectivity index (χ2v) is 4.57. The minimum Gasteiger partial charge on any atom is -0.494 e. The summed E-state index contributed by atoms with van der Waals surface area (Å²) >= 11 is 0. The monoisotopic (exact) mass is 261 g/mol. The van der Waals surface area contributed by atoms with Gasteiger partial charge in [-0.05, 0) is 13.0 Å². The predicted molar refractivity (Wildman–Crippen MR) is 72.4 cm³/mol. The lowest BCUT2D eigenvalue weighted by atomic mass is 10.1. The molecule has 1 aliphatic rings. The zero-order valence-corrected chi connectivity index (χ0v) is 11.1. The lowest BCUT2D eigenvalue weighted by Crippen LogP contribution is -2.29. The molecule has 2 heterocycles. The van der Waals surface area contributed by atoms with Crippen molar-refractivity contribution in [2.45, 2.75) is 6.92 Å². The number of rotatable bonds is 1. The molecule has 100 valence electrons. The number of methoxy groups -OCH3 is 1. The van der Waals surface area contributed by atoms with Crippen LogP contribution in [0.1, 0.15) is 5.82 Å². The molecule has 0 atom stereocenters. The quantitative estimate of drug-likeness (QED) is 0.831. The highest BCUT2D eigenvalue weighted by Gasteiger charge is 2.24. The Balaban J connectivity index is 2.46. The van der Waals surface area contributed by atoms with Gasteiger partial charge in [0.1, 0.15) is 29.4 Å². The molecule has 3 rings (SSSR count). The van der Waals surface area contributed by atoms with Crippen LogP contribution >= 0.6 is 0 Å². The number of nitrogens with one attached hydrogen (secondary N) is 1. The van der Waals surface area contributed by atoms with Crippen molar-refractivity contribution >= 4 is 16.6 Å². The van der Waals surface area contributed by atoms with E-state index in [1.54, 1.807) is 20.1 Å². The summed E-state index contributed by atoms with van der Waals surface area (Å²) in [5.74, 6) is 1.82. The third kappa shape index (κ3) is 1.71. The number of aromatic nitrogens is 2. The Kier molecular flexibility index (Phi) is 2.58. The standard InChI is InChI=1S/C13H15N3O3/c1-7-14-10-8(13(17)15-7)6-9(18-3)11-12(10)19-5-4-16(11)2/h6H,4-5H2,1-3H3,(H,14,15,17). The number of H-pyrrole nitrogens is 1. The van der Waals surface area contributed by atoms with Crippen LogP contribution in [0.3, 0.4) is 0 Å². The molecule has 0 radical (unpaired) electrons. The summed E-state index contributed by atoms with van der Waals surface area (Å²) in [4.78, 5) is 21.2. The molecule has 0 bridgehead atoms. The van der Waals surface area contributed by atoms with Gasteiger partial charge in [0.05, 0.1) is 19.0 Å². The van der Waals surface area contributed by atoms with Crippen molar-refractivity contribution in [2.24, 2.45) is 0 Å². The second-order valence-electron chi connectivity index (χ2n) is 4.57. The number of aromatic amines is 1. The van der Waals surface area contributed by atoms with Crippen molar-refractivity contribution in [1.82, 2.24) is 9.97 Å². The molecule has 1 aliphatic heterocycles. The maximum atomic E-state index is 12.0. The van der Waals surface area contributed by atoms with E-state index in [9.17, 15) is 4.79 Å². The summed E-state index contributed by atoms with van der Waals surface area (Å²) in [5.41, 5.74) is 1.25. The lowest BCUT2D eigenvalue weighted by Gasteiger charge is -2.29. The van der Waals surface area contributed by atoms with Crippen molar-refractivity contribution in [3.05, 3.63) is 22.2 Å². The molecular formula is C13H15N3O3. The molecule has 1 aromatic carbocycles. The molecular weight excluding hydrogens is 246 g/mol. The number of nitrogens with zero attached hydrogens (tertiary/aromatic N) is 2. The molecule has 0 amide bonds. The molecule has 19 heavy (non-hydrogen) atoms. The second kappa shape index (κ2) is 4.15. The number of aryl methyl sites for hydroxylation is 1. The van der Waals surface area contributed by atoms with Crippen LogP contribution in [-0.2, 0) is 0 Å². The van der Waals surface area contributed by atoms with E-state index in [0.29, 0.717) is 34.8 Å². The van der Waals surface area contributed by atoms with Crippen LogP contribution in [0.25, 0.3) is 10.9 Å². The highest BCUT2D eigenvalue weighted by atomic mass is 16.5. The normalized spacial score (nSPS) is 14.2. The van der Waals surface area contributed by atoms with E-state index < -0.39 is 0 Å². The third-order valence-corrected chi connectivity index (χ3v) is 3.29. The van der Waals surface area contributed by atoms with Crippen LogP contribution in [0.15, 0.2) is 10.9 Å². The average Bonchev–Trinajstić information content (AvgIpc) is 2.38. The molecule has 6 heteroatoms. The zero-order valence-electron chi connectivity index (χ0n) is 11.1. The van der Waals surface area contributed by atoms with Crippen molar-refractivity contribution in [3.8, 4) is 11.5 Å². The first-order valence-corrected chi connectivity index (χ1v) is 6.07. The van der Waals surface area contributed by atoms with Crippen LogP contribution in [0.5, 0.6) is 11.5 Å². The fraction of sp³-hybridized carbons (Fsp3) is 0.385. The van der Waals surface area contributed by atoms with Crippen molar-refractivity contribution < 1.29 is 9.47 Å². The highest BCUT2D eigenvalue weighted by molar-refractivity contribution is 5.93. The van der Waals surface area contributed by atoms with Crippen molar-refractivity contribution in [1.29, 1.82) is 0 Å². The van der Waals surface area contributed by atoms with Gasteiger partial charge in [-0.15, -0.1) is 0 Å². The lowest BCUT2D eigenvalue weighted by molar-refractivity contribution is 0.309. The molecule has 0 aliphatic carbocycles. The van der Waals surface area contributed by atoms with E-state index in [2.05, 4.69) is 14.9 Å². The minimum atomic E-state index is -0.180. The Bertz CT molecular complexity index is 708. The summed E-state index contributed by atoms with van der Waals surface area (Å²) in [7, 11) is 3.55. The van der Waals surface area contributed by atoms with E-state index in [1.165, 1.54) is 0 Å². The summed E-state index contributed by atoms with van der Waals surface area (Å²) in [6, 6.07) is 1.71. The third-order valence-electron chi connectivity index (χ3n) is 3.29. The number of ether oxygens (including phenoxy) is 2. The molecule has 0 saturated heterocycles. The molecule has 2 aromatic rings. The Labute approximate surface area is 110 Å². The van der Waals surface area contributed by atoms with Gasteiger partial charge in [-0.3, -0.25) is 4.79 Å². The molecule has 6 nitrogen and oxygen atoms in total. The molecule has 0 unspecified atom stereocenters. The van der Waals surface area contributed by atoms with Gasteiger partial charge in [0.25, 0.3) is 5.56 Å². The van der Waals surface area contributed by atoms with Crippen LogP contribution in [0, 0.1) is 6.92 Å². The molecule has 0 spiro atoms. The smallest absolute Gasteiger partial charge is 0.259 e. The first-order valence-electron chi connectivity index (χ1n) is 6.07. The largest absolute Gasteiger partial charge is 0.494 e. The van der Waals surface area contributed by atoms with Crippen LogP contribution in [0.4, 0.5) is 5.69 Å². The maximum Gasteiger partial charge on any atom is 0.259 e. The fourth-order valence-corrected chi connectivity index (χ4v) is 2.38.